The number of thioether (sulfide) groups is 1. The number of rotatable bonds is 8. The number of non-ortho nitro benzene ring substituents is 1. The van der Waals surface area contributed by atoms with Crippen LogP contribution in [0.1, 0.15) is 29.3 Å². The number of carbonyl (C=O) groups is 3. The van der Waals surface area contributed by atoms with Gasteiger partial charge < -0.3 is 4.74 Å². The zero-order valence-electron chi connectivity index (χ0n) is 16.1. The molecular weight excluding hydrogens is 408 g/mol. The lowest BCUT2D eigenvalue weighted by Crippen LogP contribution is -2.33. The smallest absolute Gasteiger partial charge is 0.293 e. The van der Waals surface area contributed by atoms with Crippen molar-refractivity contribution in [3.8, 4) is 5.75 Å². The Morgan fingerprint density at radius 3 is 2.40 bits per heavy atom. The molecule has 1 aliphatic heterocycles. The Morgan fingerprint density at radius 2 is 1.80 bits per heavy atom. The number of carbonyl (C=O) groups excluding carboxylic acids is 3. The molecule has 0 aromatic heterocycles. The third-order valence-electron chi connectivity index (χ3n) is 4.23. The standard InChI is InChI=1S/C21H18N2O6S/c1-2-11-29-17-9-3-14(4-10-17)12-19-20(25)22(21(26)30-19)13-18(24)15-5-7-16(8-6-15)23(27)28/h3-10,12H,2,11,13H2,1H3/b19-12-. The average molecular weight is 426 g/mol. The maximum absolute atomic E-state index is 12.6. The summed E-state index contributed by atoms with van der Waals surface area (Å²) >= 11 is 0.764. The van der Waals surface area contributed by atoms with Crippen molar-refractivity contribution in [1.82, 2.24) is 4.90 Å². The Kier molecular flexibility index (Phi) is 6.63. The van der Waals surface area contributed by atoms with E-state index in [9.17, 15) is 24.5 Å². The molecule has 0 aliphatic carbocycles. The molecule has 1 saturated heterocycles. The first-order valence-electron chi connectivity index (χ1n) is 9.15. The number of ketones is 1. The van der Waals surface area contributed by atoms with Gasteiger partial charge in [-0.2, -0.15) is 0 Å². The van der Waals surface area contributed by atoms with Crippen LogP contribution in [0.15, 0.2) is 53.4 Å². The third-order valence-corrected chi connectivity index (χ3v) is 5.13. The van der Waals surface area contributed by atoms with Gasteiger partial charge in [0.15, 0.2) is 5.78 Å². The van der Waals surface area contributed by atoms with E-state index in [0.717, 1.165) is 34.4 Å². The van der Waals surface area contributed by atoms with Crippen LogP contribution in [0.4, 0.5) is 10.5 Å². The maximum Gasteiger partial charge on any atom is 0.293 e. The van der Waals surface area contributed by atoms with Crippen molar-refractivity contribution in [2.24, 2.45) is 0 Å². The van der Waals surface area contributed by atoms with Crippen LogP contribution >= 0.6 is 11.8 Å². The third kappa shape index (κ3) is 4.93. The molecule has 2 aromatic carbocycles. The van der Waals surface area contributed by atoms with E-state index in [2.05, 4.69) is 0 Å². The Bertz CT molecular complexity index is 1010. The Morgan fingerprint density at radius 1 is 1.13 bits per heavy atom. The Labute approximate surface area is 176 Å². The lowest BCUT2D eigenvalue weighted by Gasteiger charge is -2.11. The van der Waals surface area contributed by atoms with Gasteiger partial charge in [-0.15, -0.1) is 0 Å². The molecule has 9 heteroatoms. The van der Waals surface area contributed by atoms with Gasteiger partial charge in [0.25, 0.3) is 16.8 Å². The summed E-state index contributed by atoms with van der Waals surface area (Å²) in [6.07, 6.45) is 2.48. The zero-order chi connectivity index (χ0) is 21.7. The van der Waals surface area contributed by atoms with Crippen LogP contribution in [0.5, 0.6) is 5.75 Å². The largest absolute Gasteiger partial charge is 0.494 e. The molecule has 1 fully saturated rings. The maximum atomic E-state index is 12.6. The number of imide groups is 1. The van der Waals surface area contributed by atoms with Gasteiger partial charge in [0.2, 0.25) is 0 Å². The number of Topliss-reactive ketones (excluding diaryl/α,β-unsaturated/α-hetero) is 1. The molecule has 0 saturated carbocycles. The lowest BCUT2D eigenvalue weighted by atomic mass is 10.1. The fourth-order valence-corrected chi connectivity index (χ4v) is 3.51. The van der Waals surface area contributed by atoms with E-state index >= 15 is 0 Å². The fraction of sp³-hybridized carbons (Fsp3) is 0.190. The van der Waals surface area contributed by atoms with Crippen molar-refractivity contribution >= 4 is 40.5 Å². The van der Waals surface area contributed by atoms with Gasteiger partial charge in [0.05, 0.1) is 23.0 Å². The highest BCUT2D eigenvalue weighted by Gasteiger charge is 2.36. The van der Waals surface area contributed by atoms with E-state index in [-0.39, 0.29) is 16.2 Å². The molecule has 0 atom stereocenters. The molecule has 30 heavy (non-hydrogen) atoms. The predicted octanol–water partition coefficient (Wildman–Crippen LogP) is 4.30. The Balaban J connectivity index is 1.68. The summed E-state index contributed by atoms with van der Waals surface area (Å²) in [6, 6.07) is 12.1. The van der Waals surface area contributed by atoms with Crippen molar-refractivity contribution < 1.29 is 24.0 Å². The highest BCUT2D eigenvalue weighted by Crippen LogP contribution is 2.32. The average Bonchev–Trinajstić information content (AvgIpc) is 3.00. The fourth-order valence-electron chi connectivity index (χ4n) is 2.67. The second kappa shape index (κ2) is 9.36. The molecule has 0 N–H and O–H groups in total. The molecule has 0 radical (unpaired) electrons. The van der Waals surface area contributed by atoms with Crippen molar-refractivity contribution in [3.05, 3.63) is 74.7 Å². The SMILES string of the molecule is CCCOc1ccc(/C=C2\SC(=O)N(CC(=O)c3ccc([N+](=O)[O-])cc3)C2=O)cc1. The number of hydrogen-bond donors (Lipinski definition) is 0. The van der Waals surface area contributed by atoms with E-state index in [0.29, 0.717) is 6.61 Å². The molecule has 3 rings (SSSR count). The highest BCUT2D eigenvalue weighted by atomic mass is 32.2. The van der Waals surface area contributed by atoms with Crippen LogP contribution in [0.2, 0.25) is 0 Å². The minimum Gasteiger partial charge on any atom is -0.494 e. The lowest BCUT2D eigenvalue weighted by molar-refractivity contribution is -0.384. The number of nitro benzene ring substituents is 1. The minimum absolute atomic E-state index is 0.147. The summed E-state index contributed by atoms with van der Waals surface area (Å²) in [7, 11) is 0. The number of benzene rings is 2. The number of nitrogens with zero attached hydrogens (tertiary/aromatic N) is 2. The normalized spacial score (nSPS) is 15.0. The number of ether oxygens (including phenoxy) is 1. The molecule has 1 aliphatic rings. The first-order chi connectivity index (χ1) is 14.4. The van der Waals surface area contributed by atoms with Crippen LogP contribution in [-0.2, 0) is 4.79 Å². The van der Waals surface area contributed by atoms with Crippen molar-refractivity contribution in [1.29, 1.82) is 0 Å². The molecule has 2 amide bonds. The van der Waals surface area contributed by atoms with Crippen molar-refractivity contribution in [2.75, 3.05) is 13.2 Å². The summed E-state index contributed by atoms with van der Waals surface area (Å²) < 4.78 is 5.51. The molecular formula is C21H18N2O6S. The second-order valence-corrected chi connectivity index (χ2v) is 7.41. The summed E-state index contributed by atoms with van der Waals surface area (Å²) in [5, 5.41) is 10.2. The van der Waals surface area contributed by atoms with Gasteiger partial charge in [-0.25, -0.2) is 0 Å². The van der Waals surface area contributed by atoms with Gasteiger partial charge in [-0.05, 0) is 54.1 Å². The van der Waals surface area contributed by atoms with Gasteiger partial charge in [0, 0.05) is 17.7 Å². The van der Waals surface area contributed by atoms with Gasteiger partial charge in [-0.1, -0.05) is 19.1 Å². The highest BCUT2D eigenvalue weighted by molar-refractivity contribution is 8.18. The molecule has 154 valence electrons. The number of amides is 2. The van der Waals surface area contributed by atoms with Gasteiger partial charge >= 0.3 is 0 Å². The quantitative estimate of drug-likeness (QED) is 0.268. The first kappa shape index (κ1) is 21.3. The second-order valence-electron chi connectivity index (χ2n) is 6.41. The number of hydrogen-bond acceptors (Lipinski definition) is 7. The molecule has 0 unspecified atom stereocenters. The molecule has 1 heterocycles. The van der Waals surface area contributed by atoms with Crippen molar-refractivity contribution in [3.63, 3.8) is 0 Å². The van der Waals surface area contributed by atoms with Crippen LogP contribution in [0.25, 0.3) is 6.08 Å². The molecule has 0 spiro atoms. The molecule has 0 bridgehead atoms. The summed E-state index contributed by atoms with van der Waals surface area (Å²) in [5.74, 6) is -0.312. The summed E-state index contributed by atoms with van der Waals surface area (Å²) in [5.41, 5.74) is 0.768. The molecule has 2 aromatic rings. The van der Waals surface area contributed by atoms with Crippen LogP contribution in [0, 0.1) is 10.1 Å². The zero-order valence-corrected chi connectivity index (χ0v) is 16.9. The number of nitro groups is 1. The van der Waals surface area contributed by atoms with Crippen LogP contribution < -0.4 is 4.74 Å². The summed E-state index contributed by atoms with van der Waals surface area (Å²) in [4.78, 5) is 48.5. The first-order valence-corrected chi connectivity index (χ1v) is 9.96. The van der Waals surface area contributed by atoms with E-state index in [1.54, 1.807) is 30.3 Å². The monoisotopic (exact) mass is 426 g/mol. The van der Waals surface area contributed by atoms with E-state index in [1.807, 2.05) is 6.92 Å². The van der Waals surface area contributed by atoms with E-state index in [1.165, 1.54) is 24.3 Å². The van der Waals surface area contributed by atoms with E-state index in [4.69, 9.17) is 4.74 Å². The predicted molar refractivity (Wildman–Crippen MR) is 112 cm³/mol. The van der Waals surface area contributed by atoms with E-state index < -0.39 is 28.4 Å². The van der Waals surface area contributed by atoms with Crippen LogP contribution in [0.3, 0.4) is 0 Å². The summed E-state index contributed by atoms with van der Waals surface area (Å²) in [6.45, 7) is 2.20. The Hall–Kier alpha value is -3.46. The van der Waals surface area contributed by atoms with Crippen molar-refractivity contribution in [2.45, 2.75) is 13.3 Å². The topological polar surface area (TPSA) is 107 Å². The molecule has 8 nitrogen and oxygen atoms in total. The van der Waals surface area contributed by atoms with Gasteiger partial charge in [0.1, 0.15) is 5.75 Å². The van der Waals surface area contributed by atoms with Gasteiger partial charge in [-0.3, -0.25) is 29.4 Å². The minimum atomic E-state index is -0.571. The van der Waals surface area contributed by atoms with Crippen LogP contribution in [-0.4, -0.2) is 39.9 Å².